The average Bonchev–Trinajstić information content (AvgIpc) is 2.26. The molecule has 0 aliphatic heterocycles. The van der Waals surface area contributed by atoms with Crippen LogP contribution in [0.1, 0.15) is 27.7 Å². The molecule has 1 amide bonds. The van der Waals surface area contributed by atoms with Crippen LogP contribution in [-0.4, -0.2) is 12.5 Å². The van der Waals surface area contributed by atoms with Crippen LogP contribution in [0.4, 0.5) is 5.69 Å². The molecular weight excluding hydrogens is 226 g/mol. The van der Waals surface area contributed by atoms with E-state index in [1.54, 1.807) is 0 Å². The number of ether oxygens (including phenoxy) is 1. The van der Waals surface area contributed by atoms with E-state index in [4.69, 9.17) is 4.74 Å². The summed E-state index contributed by atoms with van der Waals surface area (Å²) in [4.78, 5) is 11.9. The van der Waals surface area contributed by atoms with Crippen LogP contribution in [-0.2, 0) is 4.79 Å². The van der Waals surface area contributed by atoms with Gasteiger partial charge in [-0.2, -0.15) is 0 Å². The van der Waals surface area contributed by atoms with E-state index in [1.165, 1.54) is 0 Å². The number of carbonyl (C=O) groups excluding carboxylic acids is 1. The monoisotopic (exact) mass is 247 g/mol. The van der Waals surface area contributed by atoms with Crippen molar-refractivity contribution in [1.82, 2.24) is 0 Å². The standard InChI is InChI=1S/C15H21NO2/c1-11(2)10-18-13-9-7-6-8-12(13)16-14(17)15(3,4)5/h6-9H,1,10H2,2-5H3,(H,16,17). The van der Waals surface area contributed by atoms with Gasteiger partial charge >= 0.3 is 0 Å². The highest BCUT2D eigenvalue weighted by Gasteiger charge is 2.22. The fourth-order valence-corrected chi connectivity index (χ4v) is 1.21. The molecule has 1 N–H and O–H groups in total. The first kappa shape index (κ1) is 14.3. The van der Waals surface area contributed by atoms with Crippen molar-refractivity contribution < 1.29 is 9.53 Å². The number of nitrogens with one attached hydrogen (secondary N) is 1. The lowest BCUT2D eigenvalue weighted by molar-refractivity contribution is -0.123. The maximum Gasteiger partial charge on any atom is 0.229 e. The molecule has 0 unspecified atom stereocenters. The lowest BCUT2D eigenvalue weighted by Gasteiger charge is -2.19. The van der Waals surface area contributed by atoms with Gasteiger partial charge in [-0.25, -0.2) is 0 Å². The molecule has 18 heavy (non-hydrogen) atoms. The van der Waals surface area contributed by atoms with Crippen LogP contribution in [0.5, 0.6) is 5.75 Å². The molecule has 0 aromatic heterocycles. The zero-order chi connectivity index (χ0) is 13.8. The largest absolute Gasteiger partial charge is 0.487 e. The molecule has 98 valence electrons. The molecule has 3 heteroatoms. The Morgan fingerprint density at radius 3 is 2.50 bits per heavy atom. The van der Waals surface area contributed by atoms with Crippen LogP contribution >= 0.6 is 0 Å². The maximum absolute atomic E-state index is 11.9. The second-order valence-electron chi connectivity index (χ2n) is 5.45. The zero-order valence-corrected chi connectivity index (χ0v) is 11.5. The second-order valence-corrected chi connectivity index (χ2v) is 5.45. The third-order valence-electron chi connectivity index (χ3n) is 2.29. The van der Waals surface area contributed by atoms with Crippen LogP contribution in [0.25, 0.3) is 0 Å². The highest BCUT2D eigenvalue weighted by atomic mass is 16.5. The molecule has 0 heterocycles. The lowest BCUT2D eigenvalue weighted by Crippen LogP contribution is -2.27. The Bertz CT molecular complexity index is 444. The van der Waals surface area contributed by atoms with E-state index < -0.39 is 5.41 Å². The molecule has 0 aliphatic rings. The molecule has 1 aromatic rings. The van der Waals surface area contributed by atoms with Crippen LogP contribution in [0.3, 0.4) is 0 Å². The molecule has 1 rings (SSSR count). The summed E-state index contributed by atoms with van der Waals surface area (Å²) in [5, 5.41) is 2.88. The predicted octanol–water partition coefficient (Wildman–Crippen LogP) is 3.63. The van der Waals surface area contributed by atoms with E-state index in [-0.39, 0.29) is 5.91 Å². The minimum atomic E-state index is -0.429. The number of hydrogen-bond acceptors (Lipinski definition) is 2. The first-order valence-corrected chi connectivity index (χ1v) is 5.98. The van der Waals surface area contributed by atoms with Gasteiger partial charge < -0.3 is 10.1 Å². The summed E-state index contributed by atoms with van der Waals surface area (Å²) in [5.41, 5.74) is 1.20. The van der Waals surface area contributed by atoms with Crippen molar-refractivity contribution in [2.75, 3.05) is 11.9 Å². The summed E-state index contributed by atoms with van der Waals surface area (Å²) < 4.78 is 5.60. The van der Waals surface area contributed by atoms with Gasteiger partial charge in [-0.1, -0.05) is 39.5 Å². The van der Waals surface area contributed by atoms with Crippen molar-refractivity contribution in [2.24, 2.45) is 5.41 Å². The molecule has 0 radical (unpaired) electrons. The summed E-state index contributed by atoms with van der Waals surface area (Å²) in [6, 6.07) is 7.41. The molecule has 0 atom stereocenters. The van der Waals surface area contributed by atoms with Crippen molar-refractivity contribution in [2.45, 2.75) is 27.7 Å². The Morgan fingerprint density at radius 1 is 1.33 bits per heavy atom. The number of anilines is 1. The van der Waals surface area contributed by atoms with Gasteiger partial charge in [0.15, 0.2) is 0 Å². The fourth-order valence-electron chi connectivity index (χ4n) is 1.21. The molecule has 1 aromatic carbocycles. The molecule has 0 saturated heterocycles. The Labute approximate surface area is 109 Å². The fraction of sp³-hybridized carbons (Fsp3) is 0.400. The Balaban J connectivity index is 2.82. The van der Waals surface area contributed by atoms with Gasteiger partial charge in [0.05, 0.1) is 5.69 Å². The summed E-state index contributed by atoms with van der Waals surface area (Å²) in [6.45, 7) is 11.8. The quantitative estimate of drug-likeness (QED) is 0.825. The molecule has 0 fully saturated rings. The minimum Gasteiger partial charge on any atom is -0.487 e. The highest BCUT2D eigenvalue weighted by Crippen LogP contribution is 2.26. The van der Waals surface area contributed by atoms with Crippen LogP contribution in [0.15, 0.2) is 36.4 Å². The topological polar surface area (TPSA) is 38.3 Å². The van der Waals surface area contributed by atoms with E-state index in [1.807, 2.05) is 52.0 Å². The molecule has 0 bridgehead atoms. The van der Waals surface area contributed by atoms with Crippen LogP contribution < -0.4 is 10.1 Å². The third kappa shape index (κ3) is 4.24. The third-order valence-corrected chi connectivity index (χ3v) is 2.29. The van der Waals surface area contributed by atoms with Crippen molar-refractivity contribution in [3.8, 4) is 5.75 Å². The number of para-hydroxylation sites is 2. The number of benzene rings is 1. The van der Waals surface area contributed by atoms with E-state index in [0.717, 1.165) is 5.57 Å². The molecule has 3 nitrogen and oxygen atoms in total. The van der Waals surface area contributed by atoms with Gasteiger partial charge in [-0.15, -0.1) is 0 Å². The van der Waals surface area contributed by atoms with Crippen molar-refractivity contribution in [1.29, 1.82) is 0 Å². The van der Waals surface area contributed by atoms with Crippen LogP contribution in [0.2, 0.25) is 0 Å². The number of hydrogen-bond donors (Lipinski definition) is 1. The van der Waals surface area contributed by atoms with E-state index >= 15 is 0 Å². The minimum absolute atomic E-state index is 0.0334. The molecule has 0 saturated carbocycles. The predicted molar refractivity (Wildman–Crippen MR) is 74.8 cm³/mol. The second kappa shape index (κ2) is 5.71. The summed E-state index contributed by atoms with van der Waals surface area (Å²) in [5.74, 6) is 0.631. The van der Waals surface area contributed by atoms with E-state index in [9.17, 15) is 4.79 Å². The van der Waals surface area contributed by atoms with Gasteiger partial charge in [-0.05, 0) is 24.6 Å². The van der Waals surface area contributed by atoms with Gasteiger partial charge in [0.1, 0.15) is 12.4 Å². The number of carbonyl (C=O) groups is 1. The summed E-state index contributed by atoms with van der Waals surface area (Å²) in [7, 11) is 0. The smallest absolute Gasteiger partial charge is 0.229 e. The van der Waals surface area contributed by atoms with Gasteiger partial charge in [0, 0.05) is 5.41 Å². The molecule has 0 spiro atoms. The Kier molecular flexibility index (Phi) is 4.54. The van der Waals surface area contributed by atoms with Gasteiger partial charge in [0.2, 0.25) is 5.91 Å². The van der Waals surface area contributed by atoms with Gasteiger partial charge in [0.25, 0.3) is 0 Å². The van der Waals surface area contributed by atoms with E-state index in [0.29, 0.717) is 18.0 Å². The summed E-state index contributed by atoms with van der Waals surface area (Å²) >= 11 is 0. The SMILES string of the molecule is C=C(C)COc1ccccc1NC(=O)C(C)(C)C. The van der Waals surface area contributed by atoms with Crippen molar-refractivity contribution in [3.05, 3.63) is 36.4 Å². The highest BCUT2D eigenvalue weighted by molar-refractivity contribution is 5.95. The first-order valence-electron chi connectivity index (χ1n) is 5.98. The average molecular weight is 247 g/mol. The number of rotatable bonds is 4. The Hall–Kier alpha value is -1.77. The van der Waals surface area contributed by atoms with Gasteiger partial charge in [-0.3, -0.25) is 4.79 Å². The lowest BCUT2D eigenvalue weighted by atomic mass is 9.95. The normalized spacial score (nSPS) is 10.9. The Morgan fingerprint density at radius 2 is 1.94 bits per heavy atom. The van der Waals surface area contributed by atoms with E-state index in [2.05, 4.69) is 11.9 Å². The number of amides is 1. The van der Waals surface area contributed by atoms with Crippen molar-refractivity contribution >= 4 is 11.6 Å². The van der Waals surface area contributed by atoms with Crippen LogP contribution in [0, 0.1) is 5.41 Å². The van der Waals surface area contributed by atoms with Crippen molar-refractivity contribution in [3.63, 3.8) is 0 Å². The maximum atomic E-state index is 11.9. The zero-order valence-electron chi connectivity index (χ0n) is 11.5. The molecular formula is C15H21NO2. The summed E-state index contributed by atoms with van der Waals surface area (Å²) in [6.07, 6.45) is 0. The molecule has 0 aliphatic carbocycles. The first-order chi connectivity index (χ1) is 8.30.